The summed E-state index contributed by atoms with van der Waals surface area (Å²) in [6.45, 7) is 6.25. The minimum Gasteiger partial charge on any atom is -0.349 e. The van der Waals surface area contributed by atoms with Crippen LogP contribution >= 0.6 is 0 Å². The van der Waals surface area contributed by atoms with Crippen molar-refractivity contribution in [2.75, 3.05) is 0 Å². The highest BCUT2D eigenvalue weighted by Crippen LogP contribution is 2.17. The number of carbonyl (C=O) groups is 1. The predicted molar refractivity (Wildman–Crippen MR) is 91.9 cm³/mol. The first kappa shape index (κ1) is 16.3. The van der Waals surface area contributed by atoms with E-state index in [1.165, 1.54) is 22.3 Å². The van der Waals surface area contributed by atoms with Gasteiger partial charge in [0.15, 0.2) is 0 Å². The largest absolute Gasteiger partial charge is 0.349 e. The molecule has 1 unspecified atom stereocenters. The molecule has 0 fully saturated rings. The Kier molecular flexibility index (Phi) is 5.76. The average Bonchev–Trinajstić information content (AvgIpc) is 2.52. The fraction of sp³-hybridized carbons (Fsp3) is 0.350. The minimum absolute atomic E-state index is 0.102. The van der Waals surface area contributed by atoms with Crippen LogP contribution in [0.4, 0.5) is 0 Å². The molecule has 0 saturated carbocycles. The zero-order chi connectivity index (χ0) is 15.9. The molecule has 2 nitrogen and oxygen atoms in total. The summed E-state index contributed by atoms with van der Waals surface area (Å²) in [4.78, 5) is 12.2. The molecule has 0 bridgehead atoms. The number of aryl methyl sites for hydroxylation is 3. The minimum atomic E-state index is 0.102. The molecule has 0 heterocycles. The molecule has 2 heteroatoms. The van der Waals surface area contributed by atoms with E-state index in [1.807, 2.05) is 6.07 Å². The molecule has 0 aliphatic carbocycles. The van der Waals surface area contributed by atoms with Crippen LogP contribution in [0.1, 0.15) is 48.1 Å². The first-order valence-electron chi connectivity index (χ1n) is 8.00. The summed E-state index contributed by atoms with van der Waals surface area (Å²) in [5.74, 6) is 0.119. The molecular formula is C20H25NO. The molecule has 0 aliphatic heterocycles. The van der Waals surface area contributed by atoms with Crippen molar-refractivity contribution < 1.29 is 4.79 Å². The number of rotatable bonds is 6. The quantitative estimate of drug-likeness (QED) is 0.835. The van der Waals surface area contributed by atoms with E-state index in [1.54, 1.807) is 0 Å². The van der Waals surface area contributed by atoms with Crippen molar-refractivity contribution in [2.24, 2.45) is 0 Å². The molecule has 0 aromatic heterocycles. The van der Waals surface area contributed by atoms with Crippen LogP contribution in [0.3, 0.4) is 0 Å². The van der Waals surface area contributed by atoms with Crippen molar-refractivity contribution in [1.29, 1.82) is 0 Å². The van der Waals surface area contributed by atoms with Gasteiger partial charge in [-0.15, -0.1) is 0 Å². The molecule has 0 saturated heterocycles. The van der Waals surface area contributed by atoms with Gasteiger partial charge in [-0.05, 0) is 37.8 Å². The van der Waals surface area contributed by atoms with Gasteiger partial charge in [0, 0.05) is 6.42 Å². The first-order chi connectivity index (χ1) is 10.6. The molecule has 1 atom stereocenters. The number of hydrogen-bond acceptors (Lipinski definition) is 1. The number of amides is 1. The lowest BCUT2D eigenvalue weighted by Crippen LogP contribution is -2.28. The van der Waals surface area contributed by atoms with E-state index in [2.05, 4.69) is 68.6 Å². The molecule has 1 amide bonds. The lowest BCUT2D eigenvalue weighted by Gasteiger charge is -2.18. The third-order valence-corrected chi connectivity index (χ3v) is 3.95. The van der Waals surface area contributed by atoms with Crippen molar-refractivity contribution in [3.63, 3.8) is 0 Å². The van der Waals surface area contributed by atoms with Crippen LogP contribution < -0.4 is 5.32 Å². The molecule has 0 aliphatic rings. The highest BCUT2D eigenvalue weighted by molar-refractivity contribution is 5.76. The lowest BCUT2D eigenvalue weighted by molar-refractivity contribution is -0.121. The van der Waals surface area contributed by atoms with Gasteiger partial charge in [-0.3, -0.25) is 4.79 Å². The second-order valence-corrected chi connectivity index (χ2v) is 5.93. The Labute approximate surface area is 133 Å². The SMILES string of the molecule is CCC(NC(=O)CCc1cccc(C)c1)c1ccc(C)cc1. The standard InChI is InChI=1S/C20H25NO/c1-4-19(18-11-8-15(2)9-12-18)21-20(22)13-10-17-7-5-6-16(3)14-17/h5-9,11-12,14,19H,4,10,13H2,1-3H3,(H,21,22). The Morgan fingerprint density at radius 3 is 2.41 bits per heavy atom. The van der Waals surface area contributed by atoms with Crippen LogP contribution in [0.2, 0.25) is 0 Å². The van der Waals surface area contributed by atoms with Gasteiger partial charge >= 0.3 is 0 Å². The molecule has 1 N–H and O–H groups in total. The van der Waals surface area contributed by atoms with Gasteiger partial charge in [-0.1, -0.05) is 66.6 Å². The van der Waals surface area contributed by atoms with Crippen LogP contribution in [0.5, 0.6) is 0 Å². The molecule has 0 radical (unpaired) electrons. The molecule has 116 valence electrons. The number of carbonyl (C=O) groups excluding carboxylic acids is 1. The maximum absolute atomic E-state index is 12.2. The van der Waals surface area contributed by atoms with Gasteiger partial charge in [-0.25, -0.2) is 0 Å². The maximum atomic E-state index is 12.2. The fourth-order valence-electron chi connectivity index (χ4n) is 2.61. The van der Waals surface area contributed by atoms with Crippen molar-refractivity contribution >= 4 is 5.91 Å². The molecule has 2 rings (SSSR count). The van der Waals surface area contributed by atoms with Crippen LogP contribution in [0, 0.1) is 13.8 Å². The summed E-state index contributed by atoms with van der Waals surface area (Å²) in [5, 5.41) is 3.15. The highest BCUT2D eigenvalue weighted by atomic mass is 16.1. The van der Waals surface area contributed by atoms with Crippen molar-refractivity contribution in [3.05, 3.63) is 70.8 Å². The van der Waals surface area contributed by atoms with E-state index in [-0.39, 0.29) is 11.9 Å². The van der Waals surface area contributed by atoms with E-state index >= 15 is 0 Å². The molecule has 2 aromatic carbocycles. The third-order valence-electron chi connectivity index (χ3n) is 3.95. The Morgan fingerprint density at radius 1 is 1.05 bits per heavy atom. The highest BCUT2D eigenvalue weighted by Gasteiger charge is 2.12. The summed E-state index contributed by atoms with van der Waals surface area (Å²) < 4.78 is 0. The van der Waals surface area contributed by atoms with Gasteiger partial charge in [0.05, 0.1) is 6.04 Å². The smallest absolute Gasteiger partial charge is 0.220 e. The van der Waals surface area contributed by atoms with Gasteiger partial charge in [0.25, 0.3) is 0 Å². The molecule has 2 aromatic rings. The van der Waals surface area contributed by atoms with Crippen LogP contribution in [0.15, 0.2) is 48.5 Å². The summed E-state index contributed by atoms with van der Waals surface area (Å²) >= 11 is 0. The normalized spacial score (nSPS) is 12.0. The summed E-state index contributed by atoms with van der Waals surface area (Å²) in [6.07, 6.45) is 2.23. The first-order valence-corrected chi connectivity index (χ1v) is 8.00. The zero-order valence-electron chi connectivity index (χ0n) is 13.7. The second kappa shape index (κ2) is 7.79. The zero-order valence-corrected chi connectivity index (χ0v) is 13.7. The maximum Gasteiger partial charge on any atom is 0.220 e. The monoisotopic (exact) mass is 295 g/mol. The van der Waals surface area contributed by atoms with Crippen LogP contribution in [0.25, 0.3) is 0 Å². The van der Waals surface area contributed by atoms with Crippen molar-refractivity contribution in [2.45, 2.75) is 46.1 Å². The topological polar surface area (TPSA) is 29.1 Å². The second-order valence-electron chi connectivity index (χ2n) is 5.93. The summed E-state index contributed by atoms with van der Waals surface area (Å²) in [5.41, 5.74) is 4.88. The number of nitrogens with one attached hydrogen (secondary N) is 1. The van der Waals surface area contributed by atoms with E-state index in [0.717, 1.165) is 12.8 Å². The van der Waals surface area contributed by atoms with Crippen molar-refractivity contribution in [1.82, 2.24) is 5.32 Å². The van der Waals surface area contributed by atoms with Crippen LogP contribution in [-0.4, -0.2) is 5.91 Å². The Bertz CT molecular complexity index is 616. The van der Waals surface area contributed by atoms with Gasteiger partial charge < -0.3 is 5.32 Å². The van der Waals surface area contributed by atoms with Crippen LogP contribution in [-0.2, 0) is 11.2 Å². The predicted octanol–water partition coefficient (Wildman–Crippen LogP) is 4.50. The molecule has 0 spiro atoms. The van der Waals surface area contributed by atoms with Crippen molar-refractivity contribution in [3.8, 4) is 0 Å². The Morgan fingerprint density at radius 2 is 1.77 bits per heavy atom. The van der Waals surface area contributed by atoms with E-state index in [9.17, 15) is 4.79 Å². The van der Waals surface area contributed by atoms with Gasteiger partial charge in [0.1, 0.15) is 0 Å². The summed E-state index contributed by atoms with van der Waals surface area (Å²) in [7, 11) is 0. The Hall–Kier alpha value is -2.09. The van der Waals surface area contributed by atoms with E-state index < -0.39 is 0 Å². The summed E-state index contributed by atoms with van der Waals surface area (Å²) in [6, 6.07) is 16.8. The Balaban J connectivity index is 1.90. The molecule has 22 heavy (non-hydrogen) atoms. The molecular weight excluding hydrogens is 270 g/mol. The van der Waals surface area contributed by atoms with Gasteiger partial charge in [-0.2, -0.15) is 0 Å². The van der Waals surface area contributed by atoms with E-state index in [0.29, 0.717) is 6.42 Å². The number of benzene rings is 2. The third kappa shape index (κ3) is 4.73. The number of hydrogen-bond donors (Lipinski definition) is 1. The van der Waals surface area contributed by atoms with E-state index in [4.69, 9.17) is 0 Å². The van der Waals surface area contributed by atoms with Gasteiger partial charge in [0.2, 0.25) is 5.91 Å². The average molecular weight is 295 g/mol. The lowest BCUT2D eigenvalue weighted by atomic mass is 10.0. The fourth-order valence-corrected chi connectivity index (χ4v) is 2.61.